The number of anilines is 1. The molecule has 0 bridgehead atoms. The van der Waals surface area contributed by atoms with Gasteiger partial charge in [-0.15, -0.1) is 11.8 Å². The fourth-order valence-electron chi connectivity index (χ4n) is 4.48. The first kappa shape index (κ1) is 23.8. The van der Waals surface area contributed by atoms with Crippen LogP contribution in [0.1, 0.15) is 11.3 Å². The number of carbonyl (C=O) groups excluding carboxylic acids is 1. The van der Waals surface area contributed by atoms with Gasteiger partial charge in [0.05, 0.1) is 40.7 Å². The zero-order chi connectivity index (χ0) is 24.4. The second kappa shape index (κ2) is 10.4. The van der Waals surface area contributed by atoms with E-state index in [-0.39, 0.29) is 11.8 Å². The van der Waals surface area contributed by atoms with E-state index in [1.54, 1.807) is 12.1 Å². The molecule has 3 aromatic rings. The molecule has 8 nitrogen and oxygen atoms in total. The Labute approximate surface area is 205 Å². The zero-order valence-corrected chi connectivity index (χ0v) is 20.1. The second-order valence-corrected chi connectivity index (χ2v) is 9.73. The van der Waals surface area contributed by atoms with E-state index in [0.717, 1.165) is 10.6 Å². The number of nitrogens with zero attached hydrogens (tertiary/aromatic N) is 4. The highest BCUT2D eigenvalue weighted by Crippen LogP contribution is 2.30. The van der Waals surface area contributed by atoms with E-state index in [2.05, 4.69) is 25.6 Å². The van der Waals surface area contributed by atoms with Gasteiger partial charge in [0.1, 0.15) is 17.8 Å². The number of hydrogen-bond donors (Lipinski definition) is 2. The molecule has 2 atom stereocenters. The summed E-state index contributed by atoms with van der Waals surface area (Å²) in [4.78, 5) is 27.5. The maximum atomic E-state index is 14.7. The van der Waals surface area contributed by atoms with Crippen LogP contribution in [0.3, 0.4) is 0 Å². The van der Waals surface area contributed by atoms with Crippen LogP contribution in [0.4, 0.5) is 14.6 Å². The predicted molar refractivity (Wildman–Crippen MR) is 130 cm³/mol. The third-order valence-corrected chi connectivity index (χ3v) is 7.36. The van der Waals surface area contributed by atoms with Crippen LogP contribution < -0.4 is 15.4 Å². The van der Waals surface area contributed by atoms with Crippen LogP contribution in [0.5, 0.6) is 5.88 Å². The molecule has 0 saturated carbocycles. The monoisotopic (exact) mass is 500 g/mol. The number of carbonyl (C=O) groups is 1. The average molecular weight is 501 g/mol. The number of thioether (sulfide) groups is 1. The van der Waals surface area contributed by atoms with Gasteiger partial charge in [-0.2, -0.15) is 0 Å². The van der Waals surface area contributed by atoms with Crippen LogP contribution in [-0.4, -0.2) is 71.0 Å². The van der Waals surface area contributed by atoms with Crippen molar-refractivity contribution in [1.29, 1.82) is 0 Å². The van der Waals surface area contributed by atoms with Crippen LogP contribution in [0, 0.1) is 11.7 Å². The Morgan fingerprint density at radius 3 is 3.00 bits per heavy atom. The summed E-state index contributed by atoms with van der Waals surface area (Å²) in [6.07, 6.45) is 0.645. The minimum absolute atomic E-state index is 0.0546. The lowest BCUT2D eigenvalue weighted by Gasteiger charge is -2.17. The molecule has 3 aromatic heterocycles. The van der Waals surface area contributed by atoms with Gasteiger partial charge < -0.3 is 15.4 Å². The molecule has 2 aliphatic rings. The molecule has 2 aliphatic heterocycles. The van der Waals surface area contributed by atoms with Gasteiger partial charge in [-0.3, -0.25) is 14.7 Å². The molecule has 1 unspecified atom stereocenters. The van der Waals surface area contributed by atoms with E-state index >= 15 is 0 Å². The molecule has 5 heterocycles. The second-order valence-electron chi connectivity index (χ2n) is 8.71. The van der Waals surface area contributed by atoms with Crippen molar-refractivity contribution in [3.63, 3.8) is 0 Å². The van der Waals surface area contributed by atoms with Crippen molar-refractivity contribution in [1.82, 2.24) is 25.2 Å². The Bertz CT molecular complexity index is 1250. The highest BCUT2D eigenvalue weighted by molar-refractivity contribution is 8.00. The zero-order valence-electron chi connectivity index (χ0n) is 19.3. The summed E-state index contributed by atoms with van der Waals surface area (Å²) in [7, 11) is 1.51. The Morgan fingerprint density at radius 2 is 2.14 bits per heavy atom. The predicted octanol–water partition coefficient (Wildman–Crippen LogP) is 2.82. The normalized spacial score (nSPS) is 20.1. The van der Waals surface area contributed by atoms with Crippen molar-refractivity contribution in [2.45, 2.75) is 24.0 Å². The molecule has 2 N–H and O–H groups in total. The summed E-state index contributed by atoms with van der Waals surface area (Å²) < 4.78 is 34.5. The van der Waals surface area contributed by atoms with Gasteiger partial charge in [-0.25, -0.2) is 18.7 Å². The SMILES string of the molecule is COc1ccc2ncc(F)c(CCN3CC(CNCc4ccc5c(n4)NC(=O)CS5)[C@H](F)C3)c2n1. The number of fused-ring (bicyclic) bond motifs is 2. The van der Waals surface area contributed by atoms with E-state index in [0.29, 0.717) is 73.2 Å². The van der Waals surface area contributed by atoms with Gasteiger partial charge in [0.25, 0.3) is 0 Å². The molecule has 0 aromatic carbocycles. The minimum Gasteiger partial charge on any atom is -0.481 e. The topological polar surface area (TPSA) is 92.3 Å². The van der Waals surface area contributed by atoms with Gasteiger partial charge in [-0.05, 0) is 24.6 Å². The van der Waals surface area contributed by atoms with Crippen molar-refractivity contribution in [3.8, 4) is 5.88 Å². The Balaban J connectivity index is 1.15. The first-order chi connectivity index (χ1) is 17.0. The van der Waals surface area contributed by atoms with Crippen molar-refractivity contribution >= 4 is 34.5 Å². The fourth-order valence-corrected chi connectivity index (χ4v) is 5.23. The number of ether oxygens (including phenoxy) is 1. The van der Waals surface area contributed by atoms with Crippen molar-refractivity contribution in [2.24, 2.45) is 5.92 Å². The molecule has 184 valence electrons. The van der Waals surface area contributed by atoms with E-state index in [1.165, 1.54) is 25.1 Å². The van der Waals surface area contributed by atoms with Crippen LogP contribution >= 0.6 is 11.8 Å². The smallest absolute Gasteiger partial charge is 0.235 e. The summed E-state index contributed by atoms with van der Waals surface area (Å²) in [6.45, 7) is 2.41. The lowest BCUT2D eigenvalue weighted by Crippen LogP contribution is -2.29. The number of rotatable bonds is 8. The first-order valence-corrected chi connectivity index (χ1v) is 12.5. The van der Waals surface area contributed by atoms with E-state index < -0.39 is 12.0 Å². The lowest BCUT2D eigenvalue weighted by molar-refractivity contribution is -0.113. The van der Waals surface area contributed by atoms with E-state index in [1.807, 2.05) is 17.0 Å². The molecule has 0 radical (unpaired) electrons. The van der Waals surface area contributed by atoms with Gasteiger partial charge >= 0.3 is 0 Å². The average Bonchev–Trinajstić information content (AvgIpc) is 3.21. The van der Waals surface area contributed by atoms with Crippen LogP contribution in [-0.2, 0) is 17.8 Å². The molecule has 1 fully saturated rings. The number of pyridine rings is 3. The molecule has 0 aliphatic carbocycles. The molecule has 1 saturated heterocycles. The maximum Gasteiger partial charge on any atom is 0.235 e. The summed E-state index contributed by atoms with van der Waals surface area (Å²) >= 11 is 1.47. The van der Waals surface area contributed by atoms with Gasteiger partial charge in [-0.1, -0.05) is 0 Å². The number of aromatic nitrogens is 3. The molecular weight excluding hydrogens is 474 g/mol. The number of likely N-dealkylation sites (tertiary alicyclic amines) is 1. The number of methoxy groups -OCH3 is 1. The third-order valence-electron chi connectivity index (χ3n) is 6.31. The number of halogens is 2. The summed E-state index contributed by atoms with van der Waals surface area (Å²) in [5.74, 6) is 0.748. The van der Waals surface area contributed by atoms with Gasteiger partial charge in [0.2, 0.25) is 11.8 Å². The Kier molecular flexibility index (Phi) is 7.07. The van der Waals surface area contributed by atoms with Crippen molar-refractivity contribution < 1.29 is 18.3 Å². The number of nitrogens with one attached hydrogen (secondary N) is 2. The fraction of sp³-hybridized carbons (Fsp3) is 0.417. The molecule has 11 heteroatoms. The summed E-state index contributed by atoms with van der Waals surface area (Å²) in [6, 6.07) is 7.31. The van der Waals surface area contributed by atoms with E-state index in [9.17, 15) is 13.6 Å². The third kappa shape index (κ3) is 5.36. The van der Waals surface area contributed by atoms with Crippen molar-refractivity contribution in [3.05, 3.63) is 47.5 Å². The maximum absolute atomic E-state index is 14.7. The molecular formula is C24H26F2N6O2S. The van der Waals surface area contributed by atoms with Crippen LogP contribution in [0.15, 0.2) is 35.4 Å². The van der Waals surface area contributed by atoms with Gasteiger partial charge in [0.15, 0.2) is 0 Å². The summed E-state index contributed by atoms with van der Waals surface area (Å²) in [5.41, 5.74) is 2.34. The Morgan fingerprint density at radius 1 is 1.26 bits per heavy atom. The van der Waals surface area contributed by atoms with Crippen LogP contribution in [0.25, 0.3) is 11.0 Å². The first-order valence-electron chi connectivity index (χ1n) is 11.5. The number of alkyl halides is 1. The highest BCUT2D eigenvalue weighted by Gasteiger charge is 2.32. The Hall–Kier alpha value is -2.89. The van der Waals surface area contributed by atoms with Crippen molar-refractivity contribution in [2.75, 3.05) is 44.4 Å². The minimum atomic E-state index is -0.966. The molecule has 5 rings (SSSR count). The van der Waals surface area contributed by atoms with E-state index in [4.69, 9.17) is 4.74 Å². The molecule has 35 heavy (non-hydrogen) atoms. The number of hydrogen-bond acceptors (Lipinski definition) is 8. The molecule has 0 spiro atoms. The highest BCUT2D eigenvalue weighted by atomic mass is 32.2. The quantitative estimate of drug-likeness (QED) is 0.488. The van der Waals surface area contributed by atoms with Crippen LogP contribution in [0.2, 0.25) is 0 Å². The summed E-state index contributed by atoms with van der Waals surface area (Å²) in [5, 5.41) is 6.08. The molecule has 1 amide bonds. The standard InChI is InChI=1S/C24H26F2N6O2S/c1-34-22-5-3-19-23(31-22)16(17(25)10-28-19)6-7-32-11-14(18(26)12-32)8-27-9-15-2-4-20-24(29-15)30-21(33)13-35-20/h2-5,10,14,18,27H,6-9,11-13H2,1H3,(H,29,30,33)/t14?,18-/m1/s1. The number of amides is 1. The lowest BCUT2D eigenvalue weighted by atomic mass is 10.1. The largest absolute Gasteiger partial charge is 0.481 e. The van der Waals surface area contributed by atoms with Gasteiger partial charge in [0, 0.05) is 50.3 Å².